The Hall–Kier alpha value is 0.307. The molecule has 0 aliphatic rings. The Morgan fingerprint density at radius 3 is 1.40 bits per heavy atom. The first-order valence-electron chi connectivity index (χ1n) is 2.41. The van der Waals surface area contributed by atoms with Gasteiger partial charge in [0.25, 0.3) is 0 Å². The van der Waals surface area contributed by atoms with Crippen LogP contribution in [-0.4, -0.2) is 10.2 Å². The Labute approximate surface area is 83.1 Å². The lowest BCUT2D eigenvalue weighted by molar-refractivity contribution is 1.78. The van der Waals surface area contributed by atoms with E-state index in [1.807, 2.05) is 6.07 Å². The summed E-state index contributed by atoms with van der Waals surface area (Å²) in [7, 11) is 1.17. The third kappa shape index (κ3) is 6.43. The first-order valence-corrected chi connectivity index (χ1v) is 3.41. The van der Waals surface area contributed by atoms with Gasteiger partial charge in [-0.05, 0) is 0 Å². The number of benzene rings is 1. The van der Waals surface area contributed by atoms with E-state index in [0.717, 1.165) is 0 Å². The summed E-state index contributed by atoms with van der Waals surface area (Å²) in [6.45, 7) is 0. The molecule has 0 saturated carbocycles. The minimum atomic E-state index is 0. The van der Waals surface area contributed by atoms with Gasteiger partial charge in [0.05, 0.1) is 0 Å². The quantitative estimate of drug-likeness (QED) is 0.568. The summed E-state index contributed by atoms with van der Waals surface area (Å²) in [5.74, 6) is 0. The molecule has 0 aliphatic heterocycles. The lowest BCUT2D eigenvalue weighted by Gasteiger charge is -1.82. The van der Waals surface area contributed by atoms with Crippen LogP contribution >= 0.6 is 37.2 Å². The maximum Gasteiger partial charge on any atom is 0.0384 e. The van der Waals surface area contributed by atoms with Gasteiger partial charge in [-0.15, -0.1) is 37.2 Å². The van der Waals surface area contributed by atoms with Crippen molar-refractivity contribution in [2.75, 3.05) is 0 Å². The Morgan fingerprint density at radius 2 is 1.20 bits per heavy atom. The molecule has 0 unspecified atom stereocenters. The van der Waals surface area contributed by atoms with Crippen molar-refractivity contribution in [3.63, 3.8) is 0 Å². The van der Waals surface area contributed by atoms with E-state index in [1.165, 1.54) is 15.4 Å². The molecule has 1 aromatic carbocycles. The highest BCUT2D eigenvalue weighted by Crippen LogP contribution is 1.76. The van der Waals surface area contributed by atoms with Gasteiger partial charge in [-0.25, -0.2) is 0 Å². The average Bonchev–Trinajstić information content (AvgIpc) is 1.69. The monoisotopic (exact) mass is 216 g/mol. The number of halogens is 3. The molecular weight excluding hydrogens is 207 g/mol. The van der Waals surface area contributed by atoms with Crippen LogP contribution in [0.15, 0.2) is 30.3 Å². The molecule has 0 aromatic heterocycles. The van der Waals surface area contributed by atoms with Crippen LogP contribution in [0.4, 0.5) is 0 Å². The molecule has 1 rings (SSSR count). The lowest BCUT2D eigenvalue weighted by atomic mass is 10.4. The van der Waals surface area contributed by atoms with E-state index in [0.29, 0.717) is 0 Å². The predicted molar refractivity (Wildman–Crippen MR) is 57.8 cm³/mol. The van der Waals surface area contributed by atoms with E-state index in [-0.39, 0.29) is 37.2 Å². The van der Waals surface area contributed by atoms with Gasteiger partial charge in [-0.3, -0.25) is 0 Å². The molecule has 0 N–H and O–H groups in total. The molecular formula is C6H11Cl3Si. The number of hydrogen-bond donors (Lipinski definition) is 0. The van der Waals surface area contributed by atoms with Crippen molar-refractivity contribution < 1.29 is 0 Å². The molecule has 0 heterocycles. The summed E-state index contributed by atoms with van der Waals surface area (Å²) in [6, 6.07) is 10.5. The lowest BCUT2D eigenvalue weighted by Crippen LogP contribution is -1.97. The highest BCUT2D eigenvalue weighted by molar-refractivity contribution is 6.32. The van der Waals surface area contributed by atoms with Crippen molar-refractivity contribution in [2.45, 2.75) is 0 Å². The molecule has 0 radical (unpaired) electrons. The Bertz CT molecular complexity index is 143. The first kappa shape index (κ1) is 16.7. The fourth-order valence-electron chi connectivity index (χ4n) is 0.534. The van der Waals surface area contributed by atoms with Gasteiger partial charge in [0.2, 0.25) is 0 Å². The van der Waals surface area contributed by atoms with E-state index in [1.54, 1.807) is 0 Å². The van der Waals surface area contributed by atoms with Crippen molar-refractivity contribution in [1.82, 2.24) is 0 Å². The number of hydrogen-bond acceptors (Lipinski definition) is 0. The standard InChI is InChI=1S/C6H8Si.3ClH/c7-6-4-2-1-3-5-6;;;/h1-5H,7H3;3*1H. The van der Waals surface area contributed by atoms with Crippen LogP contribution in [0.1, 0.15) is 0 Å². The third-order valence-electron chi connectivity index (χ3n) is 0.940. The molecule has 0 spiro atoms. The SMILES string of the molecule is Cl.Cl.Cl.[SiH3]c1ccccc1. The summed E-state index contributed by atoms with van der Waals surface area (Å²) in [4.78, 5) is 0. The average molecular weight is 218 g/mol. The minimum absolute atomic E-state index is 0. The van der Waals surface area contributed by atoms with Crippen molar-refractivity contribution in [3.8, 4) is 0 Å². The van der Waals surface area contributed by atoms with E-state index in [9.17, 15) is 0 Å². The third-order valence-corrected chi connectivity index (χ3v) is 1.61. The summed E-state index contributed by atoms with van der Waals surface area (Å²) in [5.41, 5.74) is 0. The van der Waals surface area contributed by atoms with Gasteiger partial charge in [0, 0.05) is 10.2 Å². The Morgan fingerprint density at radius 1 is 0.800 bits per heavy atom. The van der Waals surface area contributed by atoms with E-state index >= 15 is 0 Å². The smallest absolute Gasteiger partial charge is 0.0384 e. The summed E-state index contributed by atoms with van der Waals surface area (Å²) in [6.07, 6.45) is 0. The highest BCUT2D eigenvalue weighted by Gasteiger charge is 1.72. The summed E-state index contributed by atoms with van der Waals surface area (Å²) >= 11 is 0. The molecule has 0 nitrogen and oxygen atoms in total. The fourth-order valence-corrected chi connectivity index (χ4v) is 0.919. The molecule has 0 bridgehead atoms. The van der Waals surface area contributed by atoms with Gasteiger partial charge in [-0.1, -0.05) is 35.5 Å². The molecule has 0 fully saturated rings. The summed E-state index contributed by atoms with van der Waals surface area (Å²) in [5, 5.41) is 1.46. The van der Waals surface area contributed by atoms with Crippen molar-refractivity contribution >= 4 is 52.7 Å². The van der Waals surface area contributed by atoms with Crippen LogP contribution in [0.2, 0.25) is 0 Å². The zero-order valence-corrected chi connectivity index (χ0v) is 10.1. The summed E-state index contributed by atoms with van der Waals surface area (Å²) < 4.78 is 0. The predicted octanol–water partition coefficient (Wildman–Crippen LogP) is 0.943. The van der Waals surface area contributed by atoms with Crippen LogP contribution in [-0.2, 0) is 0 Å². The van der Waals surface area contributed by atoms with Gasteiger partial charge in [-0.2, -0.15) is 0 Å². The zero-order valence-electron chi connectivity index (χ0n) is 5.61. The van der Waals surface area contributed by atoms with Crippen LogP contribution < -0.4 is 5.19 Å². The molecule has 0 atom stereocenters. The minimum Gasteiger partial charge on any atom is -0.147 e. The van der Waals surface area contributed by atoms with E-state index < -0.39 is 0 Å². The fraction of sp³-hybridized carbons (Fsp3) is 0. The molecule has 10 heavy (non-hydrogen) atoms. The molecule has 1 aromatic rings. The van der Waals surface area contributed by atoms with Crippen molar-refractivity contribution in [2.24, 2.45) is 0 Å². The van der Waals surface area contributed by atoms with Gasteiger partial charge in [0.1, 0.15) is 0 Å². The van der Waals surface area contributed by atoms with Crippen LogP contribution in [0.25, 0.3) is 0 Å². The van der Waals surface area contributed by atoms with Crippen molar-refractivity contribution in [1.29, 1.82) is 0 Å². The van der Waals surface area contributed by atoms with Gasteiger partial charge >= 0.3 is 0 Å². The highest BCUT2D eigenvalue weighted by atomic mass is 35.5. The number of rotatable bonds is 0. The molecule has 4 heteroatoms. The van der Waals surface area contributed by atoms with Crippen LogP contribution in [0.3, 0.4) is 0 Å². The molecule has 0 saturated heterocycles. The van der Waals surface area contributed by atoms with Crippen molar-refractivity contribution in [3.05, 3.63) is 30.3 Å². The Balaban J connectivity index is -0.000000163. The van der Waals surface area contributed by atoms with E-state index in [4.69, 9.17) is 0 Å². The first-order chi connectivity index (χ1) is 3.39. The topological polar surface area (TPSA) is 0 Å². The second-order valence-corrected chi connectivity index (χ2v) is 2.81. The molecule has 0 aliphatic carbocycles. The Kier molecular flexibility index (Phi) is 15.6. The normalized spacial score (nSPS) is 6.40. The van der Waals surface area contributed by atoms with Gasteiger partial charge < -0.3 is 0 Å². The molecule has 0 amide bonds. The van der Waals surface area contributed by atoms with Crippen LogP contribution in [0.5, 0.6) is 0 Å². The van der Waals surface area contributed by atoms with Gasteiger partial charge in [0.15, 0.2) is 0 Å². The molecule has 60 valence electrons. The van der Waals surface area contributed by atoms with E-state index in [2.05, 4.69) is 24.3 Å². The van der Waals surface area contributed by atoms with Crippen LogP contribution in [0, 0.1) is 0 Å². The largest absolute Gasteiger partial charge is 0.147 e. The maximum absolute atomic E-state index is 2.15. The maximum atomic E-state index is 2.15. The second kappa shape index (κ2) is 9.31. The second-order valence-electron chi connectivity index (χ2n) is 1.65. The zero-order chi connectivity index (χ0) is 5.11.